The summed E-state index contributed by atoms with van der Waals surface area (Å²) in [4.78, 5) is 25.1. The van der Waals surface area contributed by atoms with E-state index in [0.717, 1.165) is 47.0 Å². The molecule has 2 aromatic carbocycles. The van der Waals surface area contributed by atoms with Crippen LogP contribution in [-0.4, -0.2) is 10.9 Å². The molecule has 0 aliphatic rings. The summed E-state index contributed by atoms with van der Waals surface area (Å²) in [7, 11) is 0. The Kier molecular flexibility index (Phi) is 6.60. The molecule has 0 fully saturated rings. The van der Waals surface area contributed by atoms with Gasteiger partial charge in [0, 0.05) is 23.8 Å². The van der Waals surface area contributed by atoms with Gasteiger partial charge in [-0.2, -0.15) is 0 Å². The van der Waals surface area contributed by atoms with E-state index in [1.807, 2.05) is 48.5 Å². The van der Waals surface area contributed by atoms with Gasteiger partial charge in [-0.15, -0.1) is 0 Å². The van der Waals surface area contributed by atoms with Crippen LogP contribution in [0.4, 0.5) is 0 Å². The van der Waals surface area contributed by atoms with Crippen LogP contribution >= 0.6 is 11.8 Å². The Morgan fingerprint density at radius 2 is 1.70 bits per heavy atom. The molecule has 0 aliphatic carbocycles. The van der Waals surface area contributed by atoms with Gasteiger partial charge in [-0.3, -0.25) is 9.59 Å². The summed E-state index contributed by atoms with van der Waals surface area (Å²) in [6.07, 6.45) is 3.56. The van der Waals surface area contributed by atoms with Crippen molar-refractivity contribution >= 4 is 22.7 Å². The van der Waals surface area contributed by atoms with E-state index in [1.54, 1.807) is 0 Å². The second-order valence-electron chi connectivity index (χ2n) is 5.52. The Bertz CT molecular complexity index is 677. The van der Waals surface area contributed by atoms with Crippen LogP contribution in [0.15, 0.2) is 53.4 Å². The van der Waals surface area contributed by atoms with Gasteiger partial charge in [-0.1, -0.05) is 74.0 Å². The van der Waals surface area contributed by atoms with Gasteiger partial charge in [0.05, 0.1) is 0 Å². The van der Waals surface area contributed by atoms with Crippen molar-refractivity contribution in [2.75, 3.05) is 0 Å². The summed E-state index contributed by atoms with van der Waals surface area (Å²) < 4.78 is 0. The van der Waals surface area contributed by atoms with Gasteiger partial charge in [-0.25, -0.2) is 0 Å². The minimum atomic E-state index is -0.00202. The van der Waals surface area contributed by atoms with Gasteiger partial charge >= 0.3 is 0 Å². The SMILES string of the molecule is CCCCCC(=O)c1c(SC(C)=O)cccc1-c1ccccc1. The maximum Gasteiger partial charge on any atom is 0.190 e. The molecule has 2 aromatic rings. The van der Waals surface area contributed by atoms with Crippen LogP contribution in [0, 0.1) is 0 Å². The van der Waals surface area contributed by atoms with Crippen LogP contribution in [0.25, 0.3) is 11.1 Å². The minimum absolute atomic E-state index is 0.00202. The molecule has 120 valence electrons. The monoisotopic (exact) mass is 326 g/mol. The van der Waals surface area contributed by atoms with Crippen molar-refractivity contribution in [3.63, 3.8) is 0 Å². The third kappa shape index (κ3) is 4.80. The number of hydrogen-bond donors (Lipinski definition) is 0. The molecular weight excluding hydrogens is 304 g/mol. The third-order valence-electron chi connectivity index (χ3n) is 3.65. The van der Waals surface area contributed by atoms with E-state index >= 15 is 0 Å². The summed E-state index contributed by atoms with van der Waals surface area (Å²) in [5.74, 6) is 0.127. The first-order valence-corrected chi connectivity index (χ1v) is 8.85. The number of thioether (sulfide) groups is 1. The second kappa shape index (κ2) is 8.68. The maximum absolute atomic E-state index is 12.8. The molecule has 0 atom stereocenters. The Balaban J connectivity index is 2.45. The zero-order chi connectivity index (χ0) is 16.7. The molecule has 3 heteroatoms. The van der Waals surface area contributed by atoms with Crippen molar-refractivity contribution in [2.45, 2.75) is 44.4 Å². The highest BCUT2D eigenvalue weighted by Crippen LogP contribution is 2.33. The van der Waals surface area contributed by atoms with Crippen LogP contribution in [0.2, 0.25) is 0 Å². The molecule has 0 bridgehead atoms. The Morgan fingerprint density at radius 1 is 0.957 bits per heavy atom. The van der Waals surface area contributed by atoms with Crippen molar-refractivity contribution in [3.05, 3.63) is 54.1 Å². The summed E-state index contributed by atoms with van der Waals surface area (Å²) in [5, 5.41) is -0.00202. The first-order chi connectivity index (χ1) is 11.1. The van der Waals surface area contributed by atoms with E-state index in [-0.39, 0.29) is 10.9 Å². The van der Waals surface area contributed by atoms with Crippen LogP contribution in [0.5, 0.6) is 0 Å². The van der Waals surface area contributed by atoms with E-state index in [0.29, 0.717) is 12.0 Å². The standard InChI is InChI=1S/C20H22O2S/c1-3-4-6-13-18(22)20-17(16-10-7-5-8-11-16)12-9-14-19(20)23-15(2)21/h5,7-12,14H,3-4,6,13H2,1-2H3. The van der Waals surface area contributed by atoms with Gasteiger partial charge in [0.15, 0.2) is 10.9 Å². The Labute approximate surface area is 142 Å². The Morgan fingerprint density at radius 3 is 2.35 bits per heavy atom. The lowest BCUT2D eigenvalue weighted by Crippen LogP contribution is -2.05. The van der Waals surface area contributed by atoms with E-state index in [1.165, 1.54) is 6.92 Å². The van der Waals surface area contributed by atoms with Crippen LogP contribution in [0.1, 0.15) is 49.9 Å². The van der Waals surface area contributed by atoms with Gasteiger partial charge in [-0.05, 0) is 23.6 Å². The van der Waals surface area contributed by atoms with Gasteiger partial charge in [0.2, 0.25) is 0 Å². The molecule has 0 unspecified atom stereocenters. The molecule has 2 nitrogen and oxygen atoms in total. The molecule has 0 radical (unpaired) electrons. The number of carbonyl (C=O) groups excluding carboxylic acids is 2. The predicted molar refractivity (Wildman–Crippen MR) is 96.9 cm³/mol. The minimum Gasteiger partial charge on any atom is -0.294 e. The average molecular weight is 326 g/mol. The highest BCUT2D eigenvalue weighted by Gasteiger charge is 2.18. The summed E-state index contributed by atoms with van der Waals surface area (Å²) >= 11 is 1.14. The smallest absolute Gasteiger partial charge is 0.190 e. The zero-order valence-electron chi connectivity index (χ0n) is 13.7. The molecule has 0 heterocycles. The summed E-state index contributed by atoms with van der Waals surface area (Å²) in [6, 6.07) is 15.6. The number of carbonyl (C=O) groups is 2. The van der Waals surface area contributed by atoms with Gasteiger partial charge in [0.1, 0.15) is 0 Å². The number of hydrogen-bond acceptors (Lipinski definition) is 3. The molecule has 0 aromatic heterocycles. The highest BCUT2D eigenvalue weighted by atomic mass is 32.2. The topological polar surface area (TPSA) is 34.1 Å². The van der Waals surface area contributed by atoms with E-state index < -0.39 is 0 Å². The van der Waals surface area contributed by atoms with Crippen LogP contribution in [-0.2, 0) is 4.79 Å². The molecule has 0 aliphatic heterocycles. The fourth-order valence-electron chi connectivity index (χ4n) is 2.58. The molecule has 2 rings (SSSR count). The number of ketones is 1. The summed E-state index contributed by atoms with van der Waals surface area (Å²) in [6.45, 7) is 3.66. The fraction of sp³-hybridized carbons (Fsp3) is 0.300. The lowest BCUT2D eigenvalue weighted by atomic mass is 9.95. The second-order valence-corrected chi connectivity index (χ2v) is 6.74. The van der Waals surface area contributed by atoms with E-state index in [9.17, 15) is 9.59 Å². The maximum atomic E-state index is 12.8. The lowest BCUT2D eigenvalue weighted by Gasteiger charge is -2.13. The number of unbranched alkanes of at least 4 members (excludes halogenated alkanes) is 2. The first-order valence-electron chi connectivity index (χ1n) is 8.03. The van der Waals surface area contributed by atoms with Crippen molar-refractivity contribution < 1.29 is 9.59 Å². The molecule has 23 heavy (non-hydrogen) atoms. The zero-order valence-corrected chi connectivity index (χ0v) is 14.5. The van der Waals surface area contributed by atoms with E-state index in [2.05, 4.69) is 6.92 Å². The molecule has 0 N–H and O–H groups in total. The quantitative estimate of drug-likeness (QED) is 0.369. The largest absolute Gasteiger partial charge is 0.294 e. The van der Waals surface area contributed by atoms with Crippen molar-refractivity contribution in [1.82, 2.24) is 0 Å². The Hall–Kier alpha value is -1.87. The van der Waals surface area contributed by atoms with Gasteiger partial charge < -0.3 is 0 Å². The molecule has 0 saturated heterocycles. The van der Waals surface area contributed by atoms with Crippen LogP contribution in [0.3, 0.4) is 0 Å². The fourth-order valence-corrected chi connectivity index (χ4v) is 3.36. The molecule has 0 spiro atoms. The van der Waals surface area contributed by atoms with Crippen LogP contribution < -0.4 is 0 Å². The summed E-state index contributed by atoms with van der Waals surface area (Å²) in [5.41, 5.74) is 2.62. The van der Waals surface area contributed by atoms with Crippen molar-refractivity contribution in [2.24, 2.45) is 0 Å². The average Bonchev–Trinajstić information content (AvgIpc) is 2.55. The number of Topliss-reactive ketones (excluding diaryl/α,β-unsaturated/α-hetero) is 1. The predicted octanol–water partition coefficient (Wildman–Crippen LogP) is 5.76. The van der Waals surface area contributed by atoms with Crippen molar-refractivity contribution in [1.29, 1.82) is 0 Å². The third-order valence-corrected chi connectivity index (χ3v) is 4.50. The number of benzene rings is 2. The molecular formula is C20H22O2S. The van der Waals surface area contributed by atoms with E-state index in [4.69, 9.17) is 0 Å². The number of rotatable bonds is 7. The normalized spacial score (nSPS) is 10.5. The first kappa shape index (κ1) is 17.5. The van der Waals surface area contributed by atoms with Crippen molar-refractivity contribution in [3.8, 4) is 11.1 Å². The molecule has 0 saturated carbocycles. The molecule has 0 amide bonds. The highest BCUT2D eigenvalue weighted by molar-refractivity contribution is 8.13. The van der Waals surface area contributed by atoms with Gasteiger partial charge in [0.25, 0.3) is 0 Å². The lowest BCUT2D eigenvalue weighted by molar-refractivity contribution is -0.109.